The van der Waals surface area contributed by atoms with Gasteiger partial charge in [-0.2, -0.15) is 0 Å². The zero-order valence-corrected chi connectivity index (χ0v) is 13.2. The number of phenolic OH excluding ortho intramolecular Hbond substituents is 1. The second kappa shape index (κ2) is 7.85. The second-order valence-corrected chi connectivity index (χ2v) is 4.92. The quantitative estimate of drug-likeness (QED) is 0.284. The van der Waals surface area contributed by atoms with E-state index in [2.05, 4.69) is 4.74 Å². The smallest absolute Gasteiger partial charge is 0.331 e. The summed E-state index contributed by atoms with van der Waals surface area (Å²) in [6.45, 7) is -1.14. The molecule has 26 heavy (non-hydrogen) atoms. The van der Waals surface area contributed by atoms with Crippen molar-refractivity contribution in [3.63, 3.8) is 0 Å². The van der Waals surface area contributed by atoms with Crippen molar-refractivity contribution >= 4 is 12.0 Å². The Morgan fingerprint density at radius 3 is 2.19 bits per heavy atom. The van der Waals surface area contributed by atoms with Gasteiger partial charge in [0.2, 0.25) is 5.82 Å². The third-order valence-corrected chi connectivity index (χ3v) is 3.28. The largest absolute Gasteiger partial charge is 0.504 e. The Labute approximate surface area is 144 Å². The van der Waals surface area contributed by atoms with Crippen LogP contribution in [0.25, 0.3) is 6.08 Å². The highest BCUT2D eigenvalue weighted by atomic mass is 19.2. The molecular formula is C17H11F5O4. The Bertz CT molecular complexity index is 851. The molecule has 2 aromatic carbocycles. The van der Waals surface area contributed by atoms with Gasteiger partial charge in [-0.3, -0.25) is 0 Å². The van der Waals surface area contributed by atoms with Crippen LogP contribution in [-0.2, 0) is 16.1 Å². The molecule has 0 spiro atoms. The van der Waals surface area contributed by atoms with Crippen LogP contribution in [0.1, 0.15) is 11.1 Å². The van der Waals surface area contributed by atoms with Crippen LogP contribution in [0.5, 0.6) is 11.5 Å². The molecule has 0 aliphatic heterocycles. The molecule has 4 nitrogen and oxygen atoms in total. The van der Waals surface area contributed by atoms with Gasteiger partial charge < -0.3 is 14.6 Å². The Morgan fingerprint density at radius 2 is 1.62 bits per heavy atom. The summed E-state index contributed by atoms with van der Waals surface area (Å²) in [6.07, 6.45) is 2.11. The van der Waals surface area contributed by atoms with E-state index < -0.39 is 47.2 Å². The molecule has 0 aliphatic carbocycles. The van der Waals surface area contributed by atoms with Gasteiger partial charge in [-0.15, -0.1) is 0 Å². The van der Waals surface area contributed by atoms with E-state index >= 15 is 0 Å². The molecule has 0 fully saturated rings. The molecule has 2 aromatic rings. The zero-order chi connectivity index (χ0) is 19.4. The number of hydrogen-bond donors (Lipinski definition) is 1. The van der Waals surface area contributed by atoms with Gasteiger partial charge in [0.15, 0.2) is 34.8 Å². The first-order valence-electron chi connectivity index (χ1n) is 6.98. The summed E-state index contributed by atoms with van der Waals surface area (Å²) in [4.78, 5) is 11.6. The van der Waals surface area contributed by atoms with Crippen LogP contribution in [0.4, 0.5) is 22.0 Å². The van der Waals surface area contributed by atoms with Crippen molar-refractivity contribution in [2.75, 3.05) is 7.11 Å². The van der Waals surface area contributed by atoms with E-state index in [9.17, 15) is 31.9 Å². The molecule has 0 unspecified atom stereocenters. The Balaban J connectivity index is 2.10. The summed E-state index contributed by atoms with van der Waals surface area (Å²) >= 11 is 0. The van der Waals surface area contributed by atoms with Gasteiger partial charge in [-0.25, -0.2) is 26.7 Å². The highest BCUT2D eigenvalue weighted by molar-refractivity contribution is 5.87. The third-order valence-electron chi connectivity index (χ3n) is 3.28. The number of ether oxygens (including phenoxy) is 2. The fourth-order valence-electron chi connectivity index (χ4n) is 1.93. The van der Waals surface area contributed by atoms with E-state index in [1.165, 1.54) is 31.4 Å². The number of halogens is 5. The van der Waals surface area contributed by atoms with Crippen molar-refractivity contribution in [2.45, 2.75) is 6.61 Å². The lowest BCUT2D eigenvalue weighted by atomic mass is 10.2. The van der Waals surface area contributed by atoms with Crippen molar-refractivity contribution < 1.29 is 41.3 Å². The summed E-state index contributed by atoms with van der Waals surface area (Å²) in [7, 11) is 1.32. The highest BCUT2D eigenvalue weighted by Crippen LogP contribution is 2.27. The molecule has 2 rings (SSSR count). The van der Waals surface area contributed by atoms with Gasteiger partial charge in [-0.1, -0.05) is 6.07 Å². The van der Waals surface area contributed by atoms with Gasteiger partial charge in [0, 0.05) is 6.08 Å². The molecule has 0 saturated heterocycles. The van der Waals surface area contributed by atoms with Crippen LogP contribution in [0, 0.1) is 29.1 Å². The monoisotopic (exact) mass is 374 g/mol. The van der Waals surface area contributed by atoms with Crippen molar-refractivity contribution in [1.29, 1.82) is 0 Å². The summed E-state index contributed by atoms with van der Waals surface area (Å²) < 4.78 is 75.3. The maximum absolute atomic E-state index is 13.5. The Kier molecular flexibility index (Phi) is 5.81. The SMILES string of the molecule is COc1cc(/C=C/C(=O)OCc2c(F)c(F)c(F)c(F)c2F)ccc1O. The maximum Gasteiger partial charge on any atom is 0.331 e. The van der Waals surface area contributed by atoms with E-state index in [4.69, 9.17) is 4.74 Å². The number of esters is 1. The first-order chi connectivity index (χ1) is 12.3. The molecule has 1 N–H and O–H groups in total. The molecule has 0 aromatic heterocycles. The van der Waals surface area contributed by atoms with Crippen molar-refractivity contribution in [1.82, 2.24) is 0 Å². The number of methoxy groups -OCH3 is 1. The third kappa shape index (κ3) is 3.93. The summed E-state index contributed by atoms with van der Waals surface area (Å²) in [6, 6.07) is 4.13. The number of aromatic hydroxyl groups is 1. The van der Waals surface area contributed by atoms with Crippen LogP contribution in [0.2, 0.25) is 0 Å². The fraction of sp³-hybridized carbons (Fsp3) is 0.118. The van der Waals surface area contributed by atoms with Gasteiger partial charge >= 0.3 is 5.97 Å². The standard InChI is InChI=1S/C17H11F5O4/c1-25-11-6-8(2-4-10(11)23)3-5-12(24)26-7-9-13(18)15(20)17(22)16(21)14(9)19/h2-6,23H,7H2,1H3/b5-3+. The number of phenols is 1. The van der Waals surface area contributed by atoms with Crippen LogP contribution in [0.3, 0.4) is 0 Å². The second-order valence-electron chi connectivity index (χ2n) is 4.92. The maximum atomic E-state index is 13.5. The number of rotatable bonds is 5. The predicted molar refractivity (Wildman–Crippen MR) is 79.7 cm³/mol. The van der Waals surface area contributed by atoms with E-state index in [-0.39, 0.29) is 11.5 Å². The van der Waals surface area contributed by atoms with Crippen LogP contribution >= 0.6 is 0 Å². The first kappa shape index (κ1) is 19.2. The average Bonchev–Trinajstić information content (AvgIpc) is 2.64. The van der Waals surface area contributed by atoms with E-state index in [0.717, 1.165) is 6.08 Å². The van der Waals surface area contributed by atoms with Crippen molar-refractivity contribution in [3.8, 4) is 11.5 Å². The molecule has 0 bridgehead atoms. The number of carbonyl (C=O) groups is 1. The van der Waals surface area contributed by atoms with Gasteiger partial charge in [0.25, 0.3) is 0 Å². The average molecular weight is 374 g/mol. The summed E-state index contributed by atoms with van der Waals surface area (Å²) in [5, 5.41) is 9.44. The van der Waals surface area contributed by atoms with Gasteiger partial charge in [-0.05, 0) is 23.8 Å². The molecule has 9 heteroatoms. The van der Waals surface area contributed by atoms with Gasteiger partial charge in [0.05, 0.1) is 12.7 Å². The zero-order valence-electron chi connectivity index (χ0n) is 13.2. The molecule has 0 amide bonds. The number of hydrogen-bond acceptors (Lipinski definition) is 4. The van der Waals surface area contributed by atoms with Crippen LogP contribution in [0.15, 0.2) is 24.3 Å². The lowest BCUT2D eigenvalue weighted by Gasteiger charge is -2.08. The molecule has 0 atom stereocenters. The minimum absolute atomic E-state index is 0.126. The summed E-state index contributed by atoms with van der Waals surface area (Å²) in [5.41, 5.74) is -0.831. The van der Waals surface area contributed by atoms with E-state index in [1.807, 2.05) is 0 Å². The lowest BCUT2D eigenvalue weighted by Crippen LogP contribution is -2.10. The molecule has 0 radical (unpaired) electrons. The summed E-state index contributed by atoms with van der Waals surface area (Å²) in [5.74, 6) is -11.7. The van der Waals surface area contributed by atoms with Crippen molar-refractivity contribution in [3.05, 3.63) is 64.5 Å². The van der Waals surface area contributed by atoms with Crippen LogP contribution in [-0.4, -0.2) is 18.2 Å². The minimum atomic E-state index is -2.30. The number of benzene rings is 2. The predicted octanol–water partition coefficient (Wildman–Crippen LogP) is 3.85. The van der Waals surface area contributed by atoms with Crippen LogP contribution < -0.4 is 4.74 Å². The first-order valence-corrected chi connectivity index (χ1v) is 6.98. The minimum Gasteiger partial charge on any atom is -0.504 e. The fourth-order valence-corrected chi connectivity index (χ4v) is 1.93. The highest BCUT2D eigenvalue weighted by Gasteiger charge is 2.26. The topological polar surface area (TPSA) is 55.8 Å². The van der Waals surface area contributed by atoms with Crippen molar-refractivity contribution in [2.24, 2.45) is 0 Å². The van der Waals surface area contributed by atoms with E-state index in [0.29, 0.717) is 5.56 Å². The normalized spacial score (nSPS) is 11.0. The Hall–Kier alpha value is -3.10. The number of carbonyl (C=O) groups excluding carboxylic acids is 1. The van der Waals surface area contributed by atoms with Gasteiger partial charge in [0.1, 0.15) is 6.61 Å². The Morgan fingerprint density at radius 1 is 1.04 bits per heavy atom. The molecule has 138 valence electrons. The van der Waals surface area contributed by atoms with E-state index in [1.54, 1.807) is 0 Å². The molecule has 0 saturated carbocycles. The molecular weight excluding hydrogens is 363 g/mol. The lowest BCUT2D eigenvalue weighted by molar-refractivity contribution is -0.139. The molecule has 0 heterocycles. The molecule has 0 aliphatic rings.